The van der Waals surface area contributed by atoms with Crippen LogP contribution in [0.2, 0.25) is 5.15 Å². The average molecular weight is 356 g/mol. The number of aromatic nitrogens is 1. The molecular formula is C14H14ClN3O2S2. The van der Waals surface area contributed by atoms with E-state index in [1.54, 1.807) is 0 Å². The van der Waals surface area contributed by atoms with Gasteiger partial charge in [-0.05, 0) is 43.2 Å². The highest BCUT2D eigenvalue weighted by molar-refractivity contribution is 8.01. The van der Waals surface area contributed by atoms with E-state index in [4.69, 9.17) is 16.0 Å². The van der Waals surface area contributed by atoms with Crippen LogP contribution < -0.4 is 10.6 Å². The Morgan fingerprint density at radius 1 is 1.50 bits per heavy atom. The maximum Gasteiger partial charge on any atom is 0.262 e. The van der Waals surface area contributed by atoms with Crippen LogP contribution in [0.5, 0.6) is 0 Å². The van der Waals surface area contributed by atoms with Gasteiger partial charge in [-0.1, -0.05) is 11.6 Å². The maximum atomic E-state index is 12.3. The number of nitrogens with zero attached hydrogens (tertiary/aromatic N) is 1. The molecule has 3 unspecified atom stereocenters. The van der Waals surface area contributed by atoms with Crippen LogP contribution >= 0.6 is 34.7 Å². The van der Waals surface area contributed by atoms with E-state index in [-0.39, 0.29) is 11.9 Å². The Kier molecular flexibility index (Phi) is 3.89. The zero-order valence-corrected chi connectivity index (χ0v) is 13.9. The molecule has 2 bridgehead atoms. The van der Waals surface area contributed by atoms with E-state index in [0.29, 0.717) is 27.3 Å². The van der Waals surface area contributed by atoms with E-state index < -0.39 is 0 Å². The number of amides is 1. The van der Waals surface area contributed by atoms with Crippen LogP contribution in [-0.2, 0) is 0 Å². The van der Waals surface area contributed by atoms with E-state index >= 15 is 0 Å². The fourth-order valence-electron chi connectivity index (χ4n) is 3.09. The van der Waals surface area contributed by atoms with Crippen LogP contribution in [0.4, 0.5) is 0 Å². The van der Waals surface area contributed by atoms with E-state index in [2.05, 4.69) is 15.6 Å². The molecular weight excluding hydrogens is 342 g/mol. The molecule has 116 valence electrons. The first-order chi connectivity index (χ1) is 10.7. The van der Waals surface area contributed by atoms with Crippen molar-refractivity contribution in [3.05, 3.63) is 28.4 Å². The van der Waals surface area contributed by atoms with Gasteiger partial charge in [0.2, 0.25) is 0 Å². The van der Waals surface area contributed by atoms with Gasteiger partial charge in [0.15, 0.2) is 5.15 Å². The minimum atomic E-state index is 0.00152. The fraction of sp³-hybridized carbons (Fsp3) is 0.429. The quantitative estimate of drug-likeness (QED) is 0.881. The summed E-state index contributed by atoms with van der Waals surface area (Å²) in [6.45, 7) is 0. The second kappa shape index (κ2) is 5.88. The Bertz CT molecular complexity index is 702. The SMILES string of the molecule is O=C(NC1CC2CCC1N2)c1ccc(Sc2nc(Cl)co2)s1. The highest BCUT2D eigenvalue weighted by Crippen LogP contribution is 2.34. The van der Waals surface area contributed by atoms with Crippen LogP contribution in [0.25, 0.3) is 0 Å². The lowest BCUT2D eigenvalue weighted by molar-refractivity contribution is 0.0935. The van der Waals surface area contributed by atoms with Crippen molar-refractivity contribution < 1.29 is 9.21 Å². The van der Waals surface area contributed by atoms with Gasteiger partial charge in [0.1, 0.15) is 6.26 Å². The number of hydrogen-bond donors (Lipinski definition) is 2. The summed E-state index contributed by atoms with van der Waals surface area (Å²) in [5.41, 5.74) is 0. The Morgan fingerprint density at radius 2 is 2.41 bits per heavy atom. The molecule has 2 aromatic heterocycles. The molecule has 3 atom stereocenters. The van der Waals surface area contributed by atoms with Gasteiger partial charge >= 0.3 is 0 Å². The third kappa shape index (κ3) is 2.90. The largest absolute Gasteiger partial charge is 0.438 e. The number of rotatable bonds is 4. The van der Waals surface area contributed by atoms with Gasteiger partial charge in [-0.2, -0.15) is 4.98 Å². The first-order valence-corrected chi connectivity index (χ1v) is 9.14. The Balaban J connectivity index is 1.39. The summed E-state index contributed by atoms with van der Waals surface area (Å²) in [6, 6.07) is 5.03. The van der Waals surface area contributed by atoms with Crippen molar-refractivity contribution in [1.29, 1.82) is 0 Å². The topological polar surface area (TPSA) is 67.2 Å². The first-order valence-electron chi connectivity index (χ1n) is 7.13. The molecule has 0 saturated carbocycles. The lowest BCUT2D eigenvalue weighted by atomic mass is 9.95. The number of fused-ring (bicyclic) bond motifs is 2. The second-order valence-corrected chi connectivity index (χ2v) is 8.24. The third-order valence-electron chi connectivity index (χ3n) is 4.06. The predicted molar refractivity (Wildman–Crippen MR) is 85.8 cm³/mol. The average Bonchev–Trinajstić information content (AvgIpc) is 3.24. The molecule has 22 heavy (non-hydrogen) atoms. The molecule has 2 aromatic rings. The van der Waals surface area contributed by atoms with Crippen LogP contribution in [0.15, 0.2) is 32.2 Å². The van der Waals surface area contributed by atoms with E-state index in [9.17, 15) is 4.79 Å². The first kappa shape index (κ1) is 14.6. The van der Waals surface area contributed by atoms with Gasteiger partial charge in [0.25, 0.3) is 11.1 Å². The van der Waals surface area contributed by atoms with Crippen LogP contribution in [0.1, 0.15) is 28.9 Å². The number of halogens is 1. The molecule has 0 aromatic carbocycles. The molecule has 5 nitrogen and oxygen atoms in total. The maximum absolute atomic E-state index is 12.3. The van der Waals surface area contributed by atoms with E-state index in [1.807, 2.05) is 12.1 Å². The van der Waals surface area contributed by atoms with Crippen molar-refractivity contribution in [3.63, 3.8) is 0 Å². The molecule has 2 aliphatic heterocycles. The minimum absolute atomic E-state index is 0.00152. The molecule has 2 aliphatic rings. The molecule has 4 heterocycles. The Labute approximate surface area is 140 Å². The summed E-state index contributed by atoms with van der Waals surface area (Å²) in [5.74, 6) is 0.00152. The van der Waals surface area contributed by atoms with Crippen LogP contribution in [0.3, 0.4) is 0 Å². The molecule has 2 saturated heterocycles. The summed E-state index contributed by atoms with van der Waals surface area (Å²) in [5, 5.41) is 7.49. The van der Waals surface area contributed by atoms with Crippen molar-refractivity contribution in [2.75, 3.05) is 0 Å². The molecule has 0 spiro atoms. The lowest BCUT2D eigenvalue weighted by Gasteiger charge is -2.20. The highest BCUT2D eigenvalue weighted by Gasteiger charge is 2.39. The van der Waals surface area contributed by atoms with Crippen molar-refractivity contribution in [2.24, 2.45) is 0 Å². The lowest BCUT2D eigenvalue weighted by Crippen LogP contribution is -2.42. The number of oxazole rings is 1. The third-order valence-corrected chi connectivity index (χ3v) is 6.32. The zero-order chi connectivity index (χ0) is 15.1. The van der Waals surface area contributed by atoms with Crippen molar-refractivity contribution in [3.8, 4) is 0 Å². The fourth-order valence-corrected chi connectivity index (χ4v) is 5.10. The number of nitrogens with one attached hydrogen (secondary N) is 2. The summed E-state index contributed by atoms with van der Waals surface area (Å²) < 4.78 is 6.15. The molecule has 8 heteroatoms. The van der Waals surface area contributed by atoms with E-state index in [1.165, 1.54) is 35.8 Å². The smallest absolute Gasteiger partial charge is 0.262 e. The molecule has 0 radical (unpaired) electrons. The van der Waals surface area contributed by atoms with Gasteiger partial charge in [0.05, 0.1) is 9.09 Å². The number of carbonyl (C=O) groups is 1. The van der Waals surface area contributed by atoms with Gasteiger partial charge in [-0.25, -0.2) is 0 Å². The van der Waals surface area contributed by atoms with Crippen LogP contribution in [-0.4, -0.2) is 29.0 Å². The van der Waals surface area contributed by atoms with Crippen molar-refractivity contribution in [2.45, 2.75) is 46.8 Å². The molecule has 2 fully saturated rings. The summed E-state index contributed by atoms with van der Waals surface area (Å²) in [7, 11) is 0. The normalized spacial score (nSPS) is 26.5. The van der Waals surface area contributed by atoms with Gasteiger partial charge < -0.3 is 15.1 Å². The predicted octanol–water partition coefficient (Wildman–Crippen LogP) is 3.16. The van der Waals surface area contributed by atoms with Crippen LogP contribution in [0, 0.1) is 0 Å². The zero-order valence-electron chi connectivity index (χ0n) is 11.5. The molecule has 0 aliphatic carbocycles. The summed E-state index contributed by atoms with van der Waals surface area (Å²) in [4.78, 5) is 17.1. The summed E-state index contributed by atoms with van der Waals surface area (Å²) >= 11 is 8.52. The molecule has 2 N–H and O–H groups in total. The minimum Gasteiger partial charge on any atom is -0.438 e. The van der Waals surface area contributed by atoms with Gasteiger partial charge in [-0.15, -0.1) is 11.3 Å². The van der Waals surface area contributed by atoms with Crippen molar-refractivity contribution in [1.82, 2.24) is 15.6 Å². The molecule has 1 amide bonds. The monoisotopic (exact) mass is 355 g/mol. The number of thiophene rings is 1. The van der Waals surface area contributed by atoms with E-state index in [0.717, 1.165) is 17.1 Å². The standard InChI is InChI=1S/C14H14ClN3O2S2/c15-11-6-20-14(18-11)22-12-4-3-10(21-12)13(19)17-9-5-7-1-2-8(9)16-7/h3-4,6-9,16H,1-2,5H2,(H,17,19). The second-order valence-electron chi connectivity index (χ2n) is 5.52. The Morgan fingerprint density at radius 3 is 3.09 bits per heavy atom. The van der Waals surface area contributed by atoms with Gasteiger partial charge in [0, 0.05) is 18.1 Å². The Hall–Kier alpha value is -1.02. The van der Waals surface area contributed by atoms with Crippen molar-refractivity contribution >= 4 is 40.6 Å². The summed E-state index contributed by atoms with van der Waals surface area (Å²) in [6.07, 6.45) is 4.83. The number of hydrogen-bond acceptors (Lipinski definition) is 6. The van der Waals surface area contributed by atoms with Gasteiger partial charge in [-0.3, -0.25) is 4.79 Å². The highest BCUT2D eigenvalue weighted by atomic mass is 35.5. The molecule has 4 rings (SSSR count). The number of carbonyl (C=O) groups excluding carboxylic acids is 1.